The van der Waals surface area contributed by atoms with Crippen molar-refractivity contribution in [1.82, 2.24) is 4.98 Å². The zero-order chi connectivity index (χ0) is 22.9. The van der Waals surface area contributed by atoms with Gasteiger partial charge in [0.2, 0.25) is 10.9 Å². The summed E-state index contributed by atoms with van der Waals surface area (Å²) in [4.78, 5) is 15.6. The fraction of sp³-hybridized carbons (Fsp3) is 0.273. The third-order valence-corrected chi connectivity index (χ3v) is 5.01. The Morgan fingerprint density at radius 3 is 2.75 bits per heavy atom. The molecule has 0 spiro atoms. The number of nitro benzene ring substituents is 1. The molecule has 3 rings (SSSR count). The normalized spacial score (nSPS) is 10.8. The molecule has 0 aliphatic rings. The highest BCUT2D eigenvalue weighted by Crippen LogP contribution is 2.38. The van der Waals surface area contributed by atoms with Crippen molar-refractivity contribution in [2.24, 2.45) is 5.10 Å². The fourth-order valence-electron chi connectivity index (χ4n) is 2.90. The zero-order valence-corrected chi connectivity index (χ0v) is 18.8. The number of anilines is 1. The molecule has 1 N–H and O–H groups in total. The van der Waals surface area contributed by atoms with Gasteiger partial charge in [-0.25, -0.2) is 4.98 Å². The molecular formula is C22H24N4O5S. The Labute approximate surface area is 189 Å². The Balaban J connectivity index is 1.80. The summed E-state index contributed by atoms with van der Waals surface area (Å²) in [6.07, 6.45) is 2.20. The average molecular weight is 457 g/mol. The SMILES string of the molecule is CCCOc1c(OCC)cc(/C=N\Nc2nc(-c3ccccc3OC)cs2)cc1[N+](=O)[O-]. The van der Waals surface area contributed by atoms with Crippen molar-refractivity contribution in [3.05, 3.63) is 57.5 Å². The van der Waals surface area contributed by atoms with Crippen LogP contribution >= 0.6 is 11.3 Å². The lowest BCUT2D eigenvalue weighted by Gasteiger charge is -2.12. The number of nitrogens with one attached hydrogen (secondary N) is 1. The predicted molar refractivity (Wildman–Crippen MR) is 125 cm³/mol. The number of methoxy groups -OCH3 is 1. The molecule has 10 heteroatoms. The van der Waals surface area contributed by atoms with Gasteiger partial charge in [-0.3, -0.25) is 15.5 Å². The summed E-state index contributed by atoms with van der Waals surface area (Å²) >= 11 is 1.39. The van der Waals surface area contributed by atoms with E-state index in [-0.39, 0.29) is 11.4 Å². The molecule has 0 saturated heterocycles. The van der Waals surface area contributed by atoms with Crippen LogP contribution in [0, 0.1) is 10.1 Å². The number of hydrogen-bond donors (Lipinski definition) is 1. The van der Waals surface area contributed by atoms with E-state index in [2.05, 4.69) is 15.5 Å². The van der Waals surface area contributed by atoms with Crippen molar-refractivity contribution in [2.75, 3.05) is 25.7 Å². The van der Waals surface area contributed by atoms with E-state index < -0.39 is 4.92 Å². The van der Waals surface area contributed by atoms with Gasteiger partial charge in [0.05, 0.1) is 37.2 Å². The summed E-state index contributed by atoms with van der Waals surface area (Å²) in [6, 6.07) is 10.7. The molecule has 0 saturated carbocycles. The van der Waals surface area contributed by atoms with E-state index in [1.54, 1.807) is 20.1 Å². The first-order chi connectivity index (χ1) is 15.6. The number of rotatable bonds is 11. The molecule has 3 aromatic rings. The number of benzene rings is 2. The van der Waals surface area contributed by atoms with Crippen LogP contribution in [-0.4, -0.2) is 36.4 Å². The Bertz CT molecular complexity index is 1100. The molecule has 0 radical (unpaired) electrons. The van der Waals surface area contributed by atoms with Gasteiger partial charge in [0.1, 0.15) is 5.75 Å². The molecule has 0 aliphatic carbocycles. The standard InChI is InChI=1S/C22H24N4O5S/c1-4-10-31-21-18(26(27)28)11-15(12-20(21)30-5-2)13-23-25-22-24-17(14-32-22)16-8-6-7-9-19(16)29-3/h6-9,11-14H,4-5,10H2,1-3H3,(H,24,25)/b23-13-. The summed E-state index contributed by atoms with van der Waals surface area (Å²) in [5.41, 5.74) is 4.83. The minimum absolute atomic E-state index is 0.130. The van der Waals surface area contributed by atoms with Gasteiger partial charge in [-0.1, -0.05) is 19.1 Å². The summed E-state index contributed by atoms with van der Waals surface area (Å²) in [5.74, 6) is 1.17. The molecular weight excluding hydrogens is 432 g/mol. The maximum Gasteiger partial charge on any atom is 0.315 e. The second-order valence-corrected chi connectivity index (χ2v) is 7.37. The average Bonchev–Trinajstić information content (AvgIpc) is 3.27. The lowest BCUT2D eigenvalue weighted by atomic mass is 10.1. The number of hydrazone groups is 1. The van der Waals surface area contributed by atoms with Gasteiger partial charge in [0.15, 0.2) is 5.75 Å². The largest absolute Gasteiger partial charge is 0.496 e. The van der Waals surface area contributed by atoms with Gasteiger partial charge in [-0.05, 0) is 31.5 Å². The molecule has 1 aromatic heterocycles. The van der Waals surface area contributed by atoms with Gasteiger partial charge in [-0.2, -0.15) is 5.10 Å². The molecule has 0 atom stereocenters. The number of para-hydroxylation sites is 1. The zero-order valence-electron chi connectivity index (χ0n) is 18.0. The second-order valence-electron chi connectivity index (χ2n) is 6.51. The van der Waals surface area contributed by atoms with Crippen LogP contribution in [0.25, 0.3) is 11.3 Å². The maximum atomic E-state index is 11.6. The number of ether oxygens (including phenoxy) is 3. The molecule has 168 valence electrons. The van der Waals surface area contributed by atoms with Gasteiger partial charge in [-0.15, -0.1) is 11.3 Å². The molecule has 1 heterocycles. The molecule has 0 aliphatic heterocycles. The van der Waals surface area contributed by atoms with E-state index in [1.165, 1.54) is 23.6 Å². The van der Waals surface area contributed by atoms with Gasteiger partial charge in [0.25, 0.3) is 0 Å². The van der Waals surface area contributed by atoms with E-state index in [9.17, 15) is 10.1 Å². The smallest absolute Gasteiger partial charge is 0.315 e. The van der Waals surface area contributed by atoms with Crippen LogP contribution in [0.5, 0.6) is 17.2 Å². The summed E-state index contributed by atoms with van der Waals surface area (Å²) in [6.45, 7) is 4.44. The van der Waals surface area contributed by atoms with E-state index in [1.807, 2.05) is 36.6 Å². The van der Waals surface area contributed by atoms with Crippen LogP contribution in [0.3, 0.4) is 0 Å². The first kappa shape index (κ1) is 23.0. The fourth-order valence-corrected chi connectivity index (χ4v) is 3.56. The third kappa shape index (κ3) is 5.52. The summed E-state index contributed by atoms with van der Waals surface area (Å²) in [5, 5.41) is 18.2. The Morgan fingerprint density at radius 1 is 1.22 bits per heavy atom. The third-order valence-electron chi connectivity index (χ3n) is 4.27. The van der Waals surface area contributed by atoms with E-state index in [0.29, 0.717) is 29.7 Å². The predicted octanol–water partition coefficient (Wildman–Crippen LogP) is 5.36. The van der Waals surface area contributed by atoms with Crippen LogP contribution in [0.1, 0.15) is 25.8 Å². The summed E-state index contributed by atoms with van der Waals surface area (Å²) in [7, 11) is 1.61. The van der Waals surface area contributed by atoms with Crippen molar-refractivity contribution in [1.29, 1.82) is 0 Å². The monoisotopic (exact) mass is 456 g/mol. The maximum absolute atomic E-state index is 11.6. The molecule has 0 fully saturated rings. The highest BCUT2D eigenvalue weighted by molar-refractivity contribution is 7.14. The molecule has 0 bridgehead atoms. The number of nitrogens with zero attached hydrogens (tertiary/aromatic N) is 3. The molecule has 2 aromatic carbocycles. The quantitative estimate of drug-likeness (QED) is 0.235. The number of nitro groups is 1. The summed E-state index contributed by atoms with van der Waals surface area (Å²) < 4.78 is 16.5. The van der Waals surface area contributed by atoms with Crippen LogP contribution in [0.4, 0.5) is 10.8 Å². The number of thiazole rings is 1. The Morgan fingerprint density at radius 2 is 2.03 bits per heavy atom. The topological polar surface area (TPSA) is 108 Å². The molecule has 0 amide bonds. The Kier molecular flexibility index (Phi) is 7.98. The van der Waals surface area contributed by atoms with Crippen molar-refractivity contribution in [3.63, 3.8) is 0 Å². The highest BCUT2D eigenvalue weighted by Gasteiger charge is 2.22. The molecule has 0 unspecified atom stereocenters. The lowest BCUT2D eigenvalue weighted by molar-refractivity contribution is -0.386. The van der Waals surface area contributed by atoms with E-state index in [0.717, 1.165) is 23.4 Å². The van der Waals surface area contributed by atoms with E-state index >= 15 is 0 Å². The molecule has 32 heavy (non-hydrogen) atoms. The highest BCUT2D eigenvalue weighted by atomic mass is 32.1. The minimum atomic E-state index is -0.487. The first-order valence-electron chi connectivity index (χ1n) is 10.0. The van der Waals surface area contributed by atoms with E-state index in [4.69, 9.17) is 14.2 Å². The van der Waals surface area contributed by atoms with Crippen molar-refractivity contribution >= 4 is 28.4 Å². The van der Waals surface area contributed by atoms with Crippen LogP contribution < -0.4 is 19.6 Å². The van der Waals surface area contributed by atoms with Crippen molar-refractivity contribution in [2.45, 2.75) is 20.3 Å². The Hall–Kier alpha value is -3.66. The first-order valence-corrected chi connectivity index (χ1v) is 10.9. The van der Waals surface area contributed by atoms with Crippen molar-refractivity contribution < 1.29 is 19.1 Å². The van der Waals surface area contributed by atoms with Crippen molar-refractivity contribution in [3.8, 4) is 28.5 Å². The molecule has 9 nitrogen and oxygen atoms in total. The van der Waals surface area contributed by atoms with Gasteiger partial charge >= 0.3 is 5.69 Å². The van der Waals surface area contributed by atoms with Crippen LogP contribution in [-0.2, 0) is 0 Å². The minimum Gasteiger partial charge on any atom is -0.496 e. The number of hydrogen-bond acceptors (Lipinski definition) is 9. The number of aromatic nitrogens is 1. The van der Waals surface area contributed by atoms with Gasteiger partial charge < -0.3 is 14.2 Å². The van der Waals surface area contributed by atoms with Crippen LogP contribution in [0.15, 0.2) is 46.9 Å². The van der Waals surface area contributed by atoms with Crippen LogP contribution in [0.2, 0.25) is 0 Å². The van der Waals surface area contributed by atoms with Gasteiger partial charge in [0, 0.05) is 22.6 Å². The second kappa shape index (κ2) is 11.1. The lowest BCUT2D eigenvalue weighted by Crippen LogP contribution is -2.04.